The highest BCUT2D eigenvalue weighted by atomic mass is 35.5. The average Bonchev–Trinajstić information content (AvgIpc) is 2.59. The summed E-state index contributed by atoms with van der Waals surface area (Å²) < 4.78 is 15.2. The summed E-state index contributed by atoms with van der Waals surface area (Å²) in [7, 11) is 0. The van der Waals surface area contributed by atoms with Crippen molar-refractivity contribution >= 4 is 30.0 Å². The van der Waals surface area contributed by atoms with Crippen LogP contribution < -0.4 is 0 Å². The summed E-state index contributed by atoms with van der Waals surface area (Å²) in [4.78, 5) is 0. The normalized spacial score (nSPS) is 11.2. The third-order valence-corrected chi connectivity index (χ3v) is 2.71. The smallest absolute Gasteiger partial charge is 0.216 e. The molecule has 7 heteroatoms. The van der Waals surface area contributed by atoms with E-state index in [0.29, 0.717) is 15.6 Å². The standard InChI is InChI=1S/C10H8ClFN4S/c1-6-14-15-10(17)16(6)13-5-7-8(11)3-2-4-9(7)12/h2-5H,1H3,(H,15,17). The first kappa shape index (κ1) is 11.9. The molecule has 0 unspecified atom stereocenters. The Morgan fingerprint density at radius 2 is 2.35 bits per heavy atom. The van der Waals surface area contributed by atoms with Gasteiger partial charge in [0.15, 0.2) is 0 Å². The average molecular weight is 271 g/mol. The van der Waals surface area contributed by atoms with Crippen molar-refractivity contribution in [1.82, 2.24) is 14.9 Å². The molecule has 0 bridgehead atoms. The Balaban J connectivity index is 2.43. The van der Waals surface area contributed by atoms with Crippen LogP contribution in [0.3, 0.4) is 0 Å². The lowest BCUT2D eigenvalue weighted by atomic mass is 10.2. The summed E-state index contributed by atoms with van der Waals surface area (Å²) in [6.45, 7) is 1.73. The van der Waals surface area contributed by atoms with Crippen LogP contribution in [-0.4, -0.2) is 21.1 Å². The number of H-pyrrole nitrogens is 1. The molecule has 0 saturated carbocycles. The van der Waals surface area contributed by atoms with Gasteiger partial charge in [0, 0.05) is 5.56 Å². The van der Waals surface area contributed by atoms with E-state index in [1.165, 1.54) is 23.0 Å². The fraction of sp³-hybridized carbons (Fsp3) is 0.100. The second kappa shape index (κ2) is 4.77. The summed E-state index contributed by atoms with van der Waals surface area (Å²) >= 11 is 10.8. The van der Waals surface area contributed by atoms with Crippen LogP contribution in [0.2, 0.25) is 5.02 Å². The van der Waals surface area contributed by atoms with Gasteiger partial charge in [-0.3, -0.25) is 5.10 Å². The van der Waals surface area contributed by atoms with E-state index in [1.54, 1.807) is 13.0 Å². The van der Waals surface area contributed by atoms with E-state index in [4.69, 9.17) is 23.8 Å². The van der Waals surface area contributed by atoms with Gasteiger partial charge < -0.3 is 0 Å². The summed E-state index contributed by atoms with van der Waals surface area (Å²) in [5.41, 5.74) is 0.219. The Labute approximate surface area is 107 Å². The van der Waals surface area contributed by atoms with Crippen LogP contribution in [0, 0.1) is 17.5 Å². The zero-order valence-corrected chi connectivity index (χ0v) is 10.4. The van der Waals surface area contributed by atoms with Crippen LogP contribution in [0.15, 0.2) is 23.3 Å². The number of nitrogens with one attached hydrogen (secondary N) is 1. The number of hydrogen-bond donors (Lipinski definition) is 1. The fourth-order valence-corrected chi connectivity index (χ4v) is 1.69. The van der Waals surface area contributed by atoms with Gasteiger partial charge in [0.25, 0.3) is 0 Å². The minimum atomic E-state index is -0.436. The molecule has 0 spiro atoms. The molecule has 4 nitrogen and oxygen atoms in total. The molecule has 0 aliphatic carbocycles. The van der Waals surface area contributed by atoms with Gasteiger partial charge in [-0.15, -0.1) is 0 Å². The van der Waals surface area contributed by atoms with Crippen LogP contribution in [0.5, 0.6) is 0 Å². The molecule has 17 heavy (non-hydrogen) atoms. The van der Waals surface area contributed by atoms with Gasteiger partial charge in [0.2, 0.25) is 4.77 Å². The van der Waals surface area contributed by atoms with Gasteiger partial charge in [0.05, 0.1) is 11.2 Å². The number of aromatic amines is 1. The van der Waals surface area contributed by atoms with Crippen molar-refractivity contribution in [2.75, 3.05) is 0 Å². The minimum Gasteiger partial charge on any atom is -0.250 e. The van der Waals surface area contributed by atoms with Crippen LogP contribution in [0.25, 0.3) is 0 Å². The molecule has 2 aromatic rings. The predicted octanol–water partition coefficient (Wildman–Crippen LogP) is 2.92. The molecule has 0 aliphatic heterocycles. The topological polar surface area (TPSA) is 46.0 Å². The highest BCUT2D eigenvalue weighted by molar-refractivity contribution is 7.71. The van der Waals surface area contributed by atoms with Crippen LogP contribution in [0.1, 0.15) is 11.4 Å². The van der Waals surface area contributed by atoms with E-state index in [1.807, 2.05) is 0 Å². The van der Waals surface area contributed by atoms with Gasteiger partial charge >= 0.3 is 0 Å². The van der Waals surface area contributed by atoms with Gasteiger partial charge in [-0.2, -0.15) is 14.9 Å². The number of aromatic nitrogens is 3. The first-order valence-electron chi connectivity index (χ1n) is 4.72. The van der Waals surface area contributed by atoms with Crippen molar-refractivity contribution in [1.29, 1.82) is 0 Å². The first-order valence-corrected chi connectivity index (χ1v) is 5.50. The van der Waals surface area contributed by atoms with Crippen molar-refractivity contribution in [3.8, 4) is 0 Å². The van der Waals surface area contributed by atoms with Crippen molar-refractivity contribution in [3.05, 3.63) is 45.2 Å². The number of rotatable bonds is 2. The van der Waals surface area contributed by atoms with Crippen LogP contribution >= 0.6 is 23.8 Å². The maximum absolute atomic E-state index is 13.4. The molecule has 88 valence electrons. The molecular weight excluding hydrogens is 263 g/mol. The molecule has 1 heterocycles. The summed E-state index contributed by atoms with van der Waals surface area (Å²) in [5.74, 6) is 0.146. The SMILES string of the molecule is Cc1n[nH]c(=S)n1N=Cc1c(F)cccc1Cl. The van der Waals surface area contributed by atoms with Crippen molar-refractivity contribution < 1.29 is 4.39 Å². The number of nitrogens with zero attached hydrogens (tertiary/aromatic N) is 3. The zero-order valence-electron chi connectivity index (χ0n) is 8.82. The van der Waals surface area contributed by atoms with Crippen molar-refractivity contribution in [2.24, 2.45) is 5.10 Å². The molecule has 1 N–H and O–H groups in total. The van der Waals surface area contributed by atoms with Crippen molar-refractivity contribution in [3.63, 3.8) is 0 Å². The Morgan fingerprint density at radius 3 is 2.94 bits per heavy atom. The van der Waals surface area contributed by atoms with E-state index in [-0.39, 0.29) is 5.56 Å². The molecule has 0 saturated heterocycles. The van der Waals surface area contributed by atoms with E-state index in [0.717, 1.165) is 0 Å². The molecule has 2 rings (SSSR count). The quantitative estimate of drug-likeness (QED) is 0.674. The molecular formula is C10H8ClFN4S. The van der Waals surface area contributed by atoms with Gasteiger partial charge in [-0.25, -0.2) is 4.39 Å². The monoisotopic (exact) mass is 270 g/mol. The second-order valence-electron chi connectivity index (χ2n) is 3.27. The molecule has 0 amide bonds. The number of halogens is 2. The van der Waals surface area contributed by atoms with E-state index < -0.39 is 5.82 Å². The Hall–Kier alpha value is -1.53. The van der Waals surface area contributed by atoms with Gasteiger partial charge in [-0.1, -0.05) is 17.7 Å². The lowest BCUT2D eigenvalue weighted by molar-refractivity contribution is 0.625. The minimum absolute atomic E-state index is 0.219. The third kappa shape index (κ3) is 2.42. The summed E-state index contributed by atoms with van der Waals surface area (Å²) in [6.07, 6.45) is 1.32. The lowest BCUT2D eigenvalue weighted by Gasteiger charge is -1.99. The number of benzene rings is 1. The molecule has 0 fully saturated rings. The fourth-order valence-electron chi connectivity index (χ4n) is 1.26. The lowest BCUT2D eigenvalue weighted by Crippen LogP contribution is -1.96. The molecule has 0 atom stereocenters. The molecule has 0 radical (unpaired) electrons. The Kier molecular flexibility index (Phi) is 3.35. The number of hydrogen-bond acceptors (Lipinski definition) is 3. The maximum Gasteiger partial charge on any atom is 0.216 e. The Bertz CT molecular complexity index is 611. The summed E-state index contributed by atoms with van der Waals surface area (Å²) in [5, 5.41) is 10.8. The highest BCUT2D eigenvalue weighted by Crippen LogP contribution is 2.16. The van der Waals surface area contributed by atoms with Gasteiger partial charge in [-0.05, 0) is 31.3 Å². The second-order valence-corrected chi connectivity index (χ2v) is 4.06. The van der Waals surface area contributed by atoms with Gasteiger partial charge in [0.1, 0.15) is 11.6 Å². The summed E-state index contributed by atoms with van der Waals surface area (Å²) in [6, 6.07) is 4.44. The highest BCUT2D eigenvalue weighted by Gasteiger charge is 2.04. The van der Waals surface area contributed by atoms with E-state index in [2.05, 4.69) is 15.3 Å². The maximum atomic E-state index is 13.4. The predicted molar refractivity (Wildman–Crippen MR) is 66.6 cm³/mol. The Morgan fingerprint density at radius 1 is 1.59 bits per heavy atom. The molecule has 1 aromatic heterocycles. The molecule has 0 aliphatic rings. The first-order chi connectivity index (χ1) is 8.09. The van der Waals surface area contributed by atoms with Crippen molar-refractivity contribution in [2.45, 2.75) is 6.92 Å². The molecule has 1 aromatic carbocycles. The third-order valence-electron chi connectivity index (χ3n) is 2.11. The van der Waals surface area contributed by atoms with Crippen LogP contribution in [-0.2, 0) is 0 Å². The van der Waals surface area contributed by atoms with E-state index in [9.17, 15) is 4.39 Å². The van der Waals surface area contributed by atoms with E-state index >= 15 is 0 Å². The van der Waals surface area contributed by atoms with Crippen LogP contribution in [0.4, 0.5) is 4.39 Å². The largest absolute Gasteiger partial charge is 0.250 e. The number of aryl methyl sites for hydroxylation is 1. The zero-order chi connectivity index (χ0) is 12.4.